The largest absolute Gasteiger partial charge is 0.512 e. The lowest BCUT2D eigenvalue weighted by molar-refractivity contribution is -0.391. The Hall–Kier alpha value is -0.620. The van der Waals surface area contributed by atoms with Gasteiger partial charge in [0.25, 0.3) is 0 Å². The first-order valence-electron chi connectivity index (χ1n) is 2.32. The Labute approximate surface area is 56.0 Å². The first kappa shape index (κ1) is 8.48. The molecule has 0 aromatic carbocycles. The molecular formula is C4F7+. The van der Waals surface area contributed by atoms with Crippen molar-refractivity contribution in [1.82, 2.24) is 0 Å². The summed E-state index contributed by atoms with van der Waals surface area (Å²) < 4.78 is 80.9. The van der Waals surface area contributed by atoms with E-state index in [0.29, 0.717) is 0 Å². The summed E-state index contributed by atoms with van der Waals surface area (Å²) in [6, 6.07) is 0. The van der Waals surface area contributed by atoms with Gasteiger partial charge >= 0.3 is 23.9 Å². The molecule has 1 saturated carbocycles. The second-order valence-electron chi connectivity index (χ2n) is 2.04. The van der Waals surface area contributed by atoms with Gasteiger partial charge in [-0.1, -0.05) is 0 Å². The van der Waals surface area contributed by atoms with Crippen LogP contribution >= 0.6 is 0 Å². The Morgan fingerprint density at radius 3 is 1.09 bits per heavy atom. The predicted octanol–water partition coefficient (Wildman–Crippen LogP) is 2.41. The van der Waals surface area contributed by atoms with E-state index in [1.54, 1.807) is 0 Å². The summed E-state index contributed by atoms with van der Waals surface area (Å²) >= 11 is 0. The number of alkyl halides is 6. The molecule has 0 aliphatic heterocycles. The van der Waals surface area contributed by atoms with E-state index < -0.39 is 23.9 Å². The van der Waals surface area contributed by atoms with Crippen LogP contribution < -0.4 is 0 Å². The molecule has 0 atom stereocenters. The van der Waals surface area contributed by atoms with Crippen LogP contribution in [0.2, 0.25) is 0 Å². The van der Waals surface area contributed by atoms with Gasteiger partial charge in [0.15, 0.2) is 0 Å². The molecule has 0 spiro atoms. The topological polar surface area (TPSA) is 0 Å². The molecule has 0 N–H and O–H groups in total. The van der Waals surface area contributed by atoms with Crippen LogP contribution in [0.4, 0.5) is 30.7 Å². The third-order valence-corrected chi connectivity index (χ3v) is 1.34. The Morgan fingerprint density at radius 2 is 1.00 bits per heavy atom. The maximum atomic E-state index is 11.6. The quantitative estimate of drug-likeness (QED) is 0.397. The molecule has 1 aliphatic rings. The van der Waals surface area contributed by atoms with Crippen molar-refractivity contribution in [2.45, 2.75) is 17.8 Å². The number of rotatable bonds is 0. The van der Waals surface area contributed by atoms with E-state index >= 15 is 0 Å². The van der Waals surface area contributed by atoms with Crippen LogP contribution in [0.25, 0.3) is 0 Å². The zero-order valence-electron chi connectivity index (χ0n) is 4.65. The summed E-state index contributed by atoms with van der Waals surface area (Å²) in [4.78, 5) is 0. The number of hydrogen-bond donors (Lipinski definition) is 0. The molecule has 0 heterocycles. The summed E-state index contributed by atoms with van der Waals surface area (Å²) in [5, 5.41) is 0. The molecule has 0 nitrogen and oxygen atoms in total. The van der Waals surface area contributed by atoms with Crippen molar-refractivity contribution >= 4 is 0 Å². The monoisotopic (exact) mass is 181 g/mol. The summed E-state index contributed by atoms with van der Waals surface area (Å²) in [6.45, 7) is 0. The van der Waals surface area contributed by atoms with Gasteiger partial charge in [0.05, 0.1) is 0 Å². The first-order valence-corrected chi connectivity index (χ1v) is 2.32. The highest BCUT2D eigenvalue weighted by molar-refractivity contribution is 5.29. The first-order chi connectivity index (χ1) is 4.65. The van der Waals surface area contributed by atoms with Crippen molar-refractivity contribution in [3.63, 3.8) is 0 Å². The molecule has 1 rings (SSSR count). The van der Waals surface area contributed by atoms with Gasteiger partial charge in [-0.25, -0.2) is 0 Å². The fourth-order valence-corrected chi connectivity index (χ4v) is 0.608. The van der Waals surface area contributed by atoms with Crippen LogP contribution in [0, 0.1) is 6.17 Å². The summed E-state index contributed by atoms with van der Waals surface area (Å²) in [5.74, 6) is -16.2. The molecular weight excluding hydrogens is 181 g/mol. The van der Waals surface area contributed by atoms with E-state index in [4.69, 9.17) is 0 Å². The van der Waals surface area contributed by atoms with Crippen molar-refractivity contribution in [2.75, 3.05) is 0 Å². The lowest BCUT2D eigenvalue weighted by Gasteiger charge is -2.33. The molecule has 0 aromatic heterocycles. The molecule has 64 valence electrons. The van der Waals surface area contributed by atoms with Gasteiger partial charge in [-0.15, -0.1) is 17.6 Å². The Bertz CT molecular complexity index is 165. The zero-order chi connectivity index (χ0) is 9.08. The predicted molar refractivity (Wildman–Crippen MR) is 19.2 cm³/mol. The minimum absolute atomic E-state index is 3.27. The maximum absolute atomic E-state index is 11.6. The molecule has 0 bridgehead atoms. The maximum Gasteiger partial charge on any atom is 0.512 e. The molecule has 0 aromatic rings. The fraction of sp³-hybridized carbons (Fsp3) is 0.750. The van der Waals surface area contributed by atoms with Gasteiger partial charge < -0.3 is 0 Å². The van der Waals surface area contributed by atoms with Crippen LogP contribution in [0.15, 0.2) is 0 Å². The second kappa shape index (κ2) is 1.59. The third-order valence-electron chi connectivity index (χ3n) is 1.34. The molecule has 0 unspecified atom stereocenters. The minimum Gasteiger partial charge on any atom is -0.183 e. The van der Waals surface area contributed by atoms with E-state index in [2.05, 4.69) is 0 Å². The Morgan fingerprint density at radius 1 is 0.727 bits per heavy atom. The van der Waals surface area contributed by atoms with E-state index in [1.165, 1.54) is 0 Å². The van der Waals surface area contributed by atoms with Crippen LogP contribution in [0.5, 0.6) is 0 Å². The highest BCUT2D eigenvalue weighted by Gasteiger charge is 3.05. The van der Waals surface area contributed by atoms with E-state index in [0.717, 1.165) is 0 Å². The molecule has 0 radical (unpaired) electrons. The molecule has 11 heavy (non-hydrogen) atoms. The SMILES string of the molecule is F[C+]1C(F)(F)C(F)(F)C1(F)F. The summed E-state index contributed by atoms with van der Waals surface area (Å²) in [7, 11) is 0. The minimum atomic E-state index is -5.59. The van der Waals surface area contributed by atoms with Crippen molar-refractivity contribution < 1.29 is 30.7 Å². The van der Waals surface area contributed by atoms with E-state index in [9.17, 15) is 30.7 Å². The molecule has 0 amide bonds. The van der Waals surface area contributed by atoms with Crippen LogP contribution in [0.1, 0.15) is 0 Å². The van der Waals surface area contributed by atoms with Gasteiger partial charge in [-0.05, 0) is 0 Å². The highest BCUT2D eigenvalue weighted by atomic mass is 19.4. The molecule has 1 fully saturated rings. The van der Waals surface area contributed by atoms with Crippen LogP contribution in [-0.2, 0) is 0 Å². The standard InChI is InChI=1S/C4F7/c5-1-2(6,7)4(10,11)3(1,8)9/q+1. The van der Waals surface area contributed by atoms with Crippen LogP contribution in [0.3, 0.4) is 0 Å². The van der Waals surface area contributed by atoms with Crippen LogP contribution in [-0.4, -0.2) is 17.8 Å². The summed E-state index contributed by atoms with van der Waals surface area (Å²) in [5.41, 5.74) is 0. The van der Waals surface area contributed by atoms with Gasteiger partial charge in [-0.3, -0.25) is 0 Å². The Kier molecular flexibility index (Phi) is 1.22. The van der Waals surface area contributed by atoms with Gasteiger partial charge in [0.1, 0.15) is 0 Å². The average Bonchev–Trinajstić information content (AvgIpc) is 1.84. The smallest absolute Gasteiger partial charge is 0.183 e. The van der Waals surface area contributed by atoms with Crippen molar-refractivity contribution in [3.05, 3.63) is 6.17 Å². The average molecular weight is 181 g/mol. The van der Waals surface area contributed by atoms with E-state index in [-0.39, 0.29) is 0 Å². The molecule has 0 saturated heterocycles. The zero-order valence-corrected chi connectivity index (χ0v) is 4.65. The van der Waals surface area contributed by atoms with Crippen molar-refractivity contribution in [2.24, 2.45) is 0 Å². The normalized spacial score (nSPS) is 31.4. The van der Waals surface area contributed by atoms with Crippen molar-refractivity contribution in [1.29, 1.82) is 0 Å². The molecule has 7 heteroatoms. The van der Waals surface area contributed by atoms with Gasteiger partial charge in [0.2, 0.25) is 0 Å². The van der Waals surface area contributed by atoms with E-state index in [1.807, 2.05) is 0 Å². The third kappa shape index (κ3) is 0.592. The second-order valence-corrected chi connectivity index (χ2v) is 2.04. The highest BCUT2D eigenvalue weighted by Crippen LogP contribution is 2.66. The van der Waals surface area contributed by atoms with Gasteiger partial charge in [-0.2, -0.15) is 8.78 Å². The lowest BCUT2D eigenvalue weighted by Crippen LogP contribution is -2.71. The molecule has 1 aliphatic carbocycles. The lowest BCUT2D eigenvalue weighted by atomic mass is 9.82. The van der Waals surface area contributed by atoms with Crippen molar-refractivity contribution in [3.8, 4) is 0 Å². The fourth-order valence-electron chi connectivity index (χ4n) is 0.608. The number of hydrogen-bond acceptors (Lipinski definition) is 0. The Balaban J connectivity index is 2.98. The number of halogens is 7. The summed E-state index contributed by atoms with van der Waals surface area (Å²) in [6.07, 6.45) is -3.27. The van der Waals surface area contributed by atoms with Gasteiger partial charge in [0, 0.05) is 4.39 Å².